The summed E-state index contributed by atoms with van der Waals surface area (Å²) in [5.41, 5.74) is 3.08. The molecule has 0 atom stereocenters. The molecule has 0 saturated carbocycles. The maximum atomic E-state index is 12.1. The van der Waals surface area contributed by atoms with Gasteiger partial charge in [-0.3, -0.25) is 19.2 Å². The van der Waals surface area contributed by atoms with Gasteiger partial charge < -0.3 is 0 Å². The molecular weight excluding hydrogens is 396 g/mol. The Morgan fingerprint density at radius 1 is 1.26 bits per heavy atom. The van der Waals surface area contributed by atoms with Gasteiger partial charge in [0.1, 0.15) is 5.02 Å². The van der Waals surface area contributed by atoms with Crippen LogP contribution in [0.5, 0.6) is 0 Å². The topological polar surface area (TPSA) is 122 Å². The van der Waals surface area contributed by atoms with E-state index in [2.05, 4.69) is 10.5 Å². The van der Waals surface area contributed by atoms with Crippen molar-refractivity contribution >= 4 is 45.1 Å². The van der Waals surface area contributed by atoms with Crippen LogP contribution in [0.2, 0.25) is 5.02 Å². The van der Waals surface area contributed by atoms with Gasteiger partial charge in [0.2, 0.25) is 10.0 Å². The van der Waals surface area contributed by atoms with Gasteiger partial charge in [-0.1, -0.05) is 17.7 Å². The molecule has 2 aromatic carbocycles. The molecule has 2 rings (SSSR count). The van der Waals surface area contributed by atoms with Crippen LogP contribution >= 0.6 is 11.6 Å². The van der Waals surface area contributed by atoms with E-state index in [9.17, 15) is 23.3 Å². The third-order valence-electron chi connectivity index (χ3n) is 3.54. The lowest BCUT2D eigenvalue weighted by Gasteiger charge is -2.16. The molecule has 0 fully saturated rings. The van der Waals surface area contributed by atoms with Crippen molar-refractivity contribution in [2.75, 3.05) is 17.6 Å². The van der Waals surface area contributed by atoms with Gasteiger partial charge in [-0.2, -0.15) is 5.10 Å². The molecule has 27 heavy (non-hydrogen) atoms. The van der Waals surface area contributed by atoms with Crippen LogP contribution in [0.25, 0.3) is 0 Å². The number of halogens is 1. The summed E-state index contributed by atoms with van der Waals surface area (Å²) in [6, 6.07) is 9.99. The molecule has 0 unspecified atom stereocenters. The summed E-state index contributed by atoms with van der Waals surface area (Å²) in [6.07, 6.45) is 2.32. The number of hydrogen-bond donors (Lipinski definition) is 1. The number of nitrogens with zero attached hydrogens (tertiary/aromatic N) is 3. The van der Waals surface area contributed by atoms with E-state index in [1.165, 1.54) is 55.7 Å². The van der Waals surface area contributed by atoms with E-state index in [1.54, 1.807) is 0 Å². The fourth-order valence-electron chi connectivity index (χ4n) is 1.99. The number of nitro groups is 1. The Kier molecular flexibility index (Phi) is 6.13. The van der Waals surface area contributed by atoms with E-state index in [-0.39, 0.29) is 16.3 Å². The number of benzene rings is 2. The van der Waals surface area contributed by atoms with Crippen molar-refractivity contribution in [3.8, 4) is 0 Å². The highest BCUT2D eigenvalue weighted by atomic mass is 35.5. The van der Waals surface area contributed by atoms with E-state index < -0.39 is 20.9 Å². The summed E-state index contributed by atoms with van der Waals surface area (Å²) in [5, 5.41) is 14.6. The summed E-state index contributed by atoms with van der Waals surface area (Å²) >= 11 is 5.72. The lowest BCUT2D eigenvalue weighted by molar-refractivity contribution is -0.384. The molecule has 1 N–H and O–H groups in total. The number of rotatable bonds is 6. The summed E-state index contributed by atoms with van der Waals surface area (Å²) < 4.78 is 24.1. The van der Waals surface area contributed by atoms with Gasteiger partial charge >= 0.3 is 0 Å². The van der Waals surface area contributed by atoms with E-state index in [0.717, 1.165) is 10.6 Å². The van der Waals surface area contributed by atoms with Crippen molar-refractivity contribution in [1.82, 2.24) is 5.43 Å². The number of carbonyl (C=O) groups is 1. The molecule has 0 aliphatic rings. The van der Waals surface area contributed by atoms with Gasteiger partial charge in [0, 0.05) is 24.2 Å². The number of carbonyl (C=O) groups excluding carboxylic acids is 1. The molecule has 2 aromatic rings. The zero-order chi connectivity index (χ0) is 20.2. The highest BCUT2D eigenvalue weighted by molar-refractivity contribution is 7.92. The molecule has 0 aromatic heterocycles. The van der Waals surface area contributed by atoms with E-state index >= 15 is 0 Å². The lowest BCUT2D eigenvalue weighted by Crippen LogP contribution is -2.25. The van der Waals surface area contributed by atoms with Crippen LogP contribution in [0, 0.1) is 10.1 Å². The molecule has 0 bridgehead atoms. The predicted octanol–water partition coefficient (Wildman–Crippen LogP) is 2.41. The molecule has 0 heterocycles. The van der Waals surface area contributed by atoms with Crippen molar-refractivity contribution in [2.45, 2.75) is 0 Å². The lowest BCUT2D eigenvalue weighted by atomic mass is 10.2. The third kappa shape index (κ3) is 5.25. The number of nitro benzene ring substituents is 1. The first-order chi connectivity index (χ1) is 12.6. The van der Waals surface area contributed by atoms with Gasteiger partial charge in [-0.05, 0) is 30.3 Å². The van der Waals surface area contributed by atoms with Crippen LogP contribution in [0.15, 0.2) is 47.6 Å². The Balaban J connectivity index is 2.07. The van der Waals surface area contributed by atoms with Crippen molar-refractivity contribution in [3.05, 3.63) is 68.7 Å². The summed E-state index contributed by atoms with van der Waals surface area (Å²) in [5.74, 6) is -0.525. The predicted molar refractivity (Wildman–Crippen MR) is 103 cm³/mol. The van der Waals surface area contributed by atoms with Crippen LogP contribution in [0.1, 0.15) is 15.9 Å². The zero-order valence-electron chi connectivity index (χ0n) is 14.3. The van der Waals surface area contributed by atoms with Gasteiger partial charge in [-0.15, -0.1) is 0 Å². The largest absolute Gasteiger partial charge is 0.288 e. The van der Waals surface area contributed by atoms with Crippen LogP contribution in [-0.4, -0.2) is 38.8 Å². The molecule has 9 nitrogen and oxygen atoms in total. The Morgan fingerprint density at radius 2 is 1.89 bits per heavy atom. The highest BCUT2D eigenvalue weighted by Crippen LogP contribution is 2.24. The second kappa shape index (κ2) is 8.14. The standard InChI is InChI=1S/C16H15ClN4O5S/c1-20(27(2,25)26)13-6-4-12(5-7-13)16(22)19-18-10-11-3-8-14(17)15(9-11)21(23)24/h3-10H,1-2H3,(H,19,22)/b18-10-. The maximum Gasteiger partial charge on any atom is 0.288 e. The number of amides is 1. The molecule has 11 heteroatoms. The second-order valence-electron chi connectivity index (χ2n) is 5.44. The van der Waals surface area contributed by atoms with Crippen molar-refractivity contribution in [3.63, 3.8) is 0 Å². The zero-order valence-corrected chi connectivity index (χ0v) is 15.9. The fourth-order valence-corrected chi connectivity index (χ4v) is 2.69. The number of nitrogens with one attached hydrogen (secondary N) is 1. The number of anilines is 1. The average molecular weight is 411 g/mol. The van der Waals surface area contributed by atoms with E-state index in [0.29, 0.717) is 11.3 Å². The van der Waals surface area contributed by atoms with Crippen molar-refractivity contribution in [1.29, 1.82) is 0 Å². The average Bonchev–Trinajstić information content (AvgIpc) is 2.61. The minimum atomic E-state index is -3.39. The smallest absolute Gasteiger partial charge is 0.274 e. The molecular formula is C16H15ClN4O5S. The first kappa shape index (κ1) is 20.3. The Morgan fingerprint density at radius 3 is 2.44 bits per heavy atom. The number of sulfonamides is 1. The van der Waals surface area contributed by atoms with Gasteiger partial charge in [0.25, 0.3) is 11.6 Å². The van der Waals surface area contributed by atoms with Crippen LogP contribution in [-0.2, 0) is 10.0 Å². The third-order valence-corrected chi connectivity index (χ3v) is 5.06. The molecule has 0 aliphatic heterocycles. The summed E-state index contributed by atoms with van der Waals surface area (Å²) in [7, 11) is -1.99. The Bertz CT molecular complexity index is 1010. The Labute approximate surface area is 160 Å². The molecule has 1 amide bonds. The van der Waals surface area contributed by atoms with E-state index in [1.807, 2.05) is 0 Å². The Hall–Kier alpha value is -2.98. The van der Waals surface area contributed by atoms with Crippen molar-refractivity contribution < 1.29 is 18.1 Å². The highest BCUT2D eigenvalue weighted by Gasteiger charge is 2.13. The van der Waals surface area contributed by atoms with Crippen LogP contribution < -0.4 is 9.73 Å². The molecule has 0 saturated heterocycles. The minimum absolute atomic E-state index is 0.000312. The van der Waals surface area contributed by atoms with E-state index in [4.69, 9.17) is 11.6 Å². The normalized spacial score (nSPS) is 11.4. The first-order valence-electron chi connectivity index (χ1n) is 7.41. The summed E-state index contributed by atoms with van der Waals surface area (Å²) in [4.78, 5) is 22.3. The SMILES string of the molecule is CN(c1ccc(C(=O)N/N=C\c2ccc(Cl)c([N+](=O)[O-])c2)cc1)S(C)(=O)=O. The van der Waals surface area contributed by atoms with Crippen molar-refractivity contribution in [2.24, 2.45) is 5.10 Å². The number of hydrazone groups is 1. The van der Waals surface area contributed by atoms with Gasteiger partial charge in [0.05, 0.1) is 23.1 Å². The maximum absolute atomic E-state index is 12.1. The first-order valence-corrected chi connectivity index (χ1v) is 9.63. The van der Waals surface area contributed by atoms with Gasteiger partial charge in [-0.25, -0.2) is 13.8 Å². The van der Waals surface area contributed by atoms with Crippen LogP contribution in [0.3, 0.4) is 0 Å². The molecule has 0 aliphatic carbocycles. The fraction of sp³-hybridized carbons (Fsp3) is 0.125. The quantitative estimate of drug-likeness (QED) is 0.445. The van der Waals surface area contributed by atoms with Gasteiger partial charge in [0.15, 0.2) is 0 Å². The molecule has 142 valence electrons. The van der Waals surface area contributed by atoms with Crippen LogP contribution in [0.4, 0.5) is 11.4 Å². The monoisotopic (exact) mass is 410 g/mol. The number of hydrogen-bond acceptors (Lipinski definition) is 6. The molecule has 0 spiro atoms. The summed E-state index contributed by atoms with van der Waals surface area (Å²) in [6.45, 7) is 0. The minimum Gasteiger partial charge on any atom is -0.274 e. The second-order valence-corrected chi connectivity index (χ2v) is 7.87. The molecule has 0 radical (unpaired) electrons.